The highest BCUT2D eigenvalue weighted by atomic mass is 16.3. The summed E-state index contributed by atoms with van der Waals surface area (Å²) in [6.07, 6.45) is 0. The Morgan fingerprint density at radius 2 is 1.54 bits per heavy atom. The number of rotatable bonds is 6. The van der Waals surface area contributed by atoms with Gasteiger partial charge in [-0.15, -0.1) is 0 Å². The van der Waals surface area contributed by atoms with Crippen LogP contribution in [0.1, 0.15) is 33.2 Å². The van der Waals surface area contributed by atoms with E-state index in [9.17, 15) is 19.5 Å². The molecule has 1 aliphatic rings. The Labute approximate surface area is 151 Å². The van der Waals surface area contributed by atoms with E-state index in [2.05, 4.69) is 0 Å². The topological polar surface area (TPSA) is 77.9 Å². The van der Waals surface area contributed by atoms with Crippen molar-refractivity contribution in [1.29, 1.82) is 0 Å². The highest BCUT2D eigenvalue weighted by Crippen LogP contribution is 2.25. The van der Waals surface area contributed by atoms with Gasteiger partial charge >= 0.3 is 0 Å². The number of amides is 3. The lowest BCUT2D eigenvalue weighted by Crippen LogP contribution is -2.49. The van der Waals surface area contributed by atoms with Gasteiger partial charge in [0, 0.05) is 13.1 Å². The van der Waals surface area contributed by atoms with E-state index in [-0.39, 0.29) is 19.1 Å². The fourth-order valence-corrected chi connectivity index (χ4v) is 3.13. The van der Waals surface area contributed by atoms with Crippen LogP contribution in [0.25, 0.3) is 0 Å². The van der Waals surface area contributed by atoms with E-state index in [0.29, 0.717) is 17.7 Å². The van der Waals surface area contributed by atoms with Gasteiger partial charge in [0.15, 0.2) is 0 Å². The smallest absolute Gasteiger partial charge is 0.262 e. The highest BCUT2D eigenvalue weighted by molar-refractivity contribution is 6.22. The zero-order valence-corrected chi connectivity index (χ0v) is 14.5. The second kappa shape index (κ2) is 7.49. The number of carbonyl (C=O) groups is 3. The van der Waals surface area contributed by atoms with Gasteiger partial charge in [-0.05, 0) is 24.6 Å². The first-order chi connectivity index (χ1) is 12.5. The molecule has 3 amide bonds. The molecule has 0 aliphatic carbocycles. The molecule has 1 heterocycles. The van der Waals surface area contributed by atoms with Crippen LogP contribution in [0.3, 0.4) is 0 Å². The molecule has 1 unspecified atom stereocenters. The number of fused-ring (bicyclic) bond motifs is 1. The molecular weight excluding hydrogens is 332 g/mol. The first-order valence-electron chi connectivity index (χ1n) is 8.45. The zero-order chi connectivity index (χ0) is 18.7. The molecule has 6 nitrogen and oxygen atoms in total. The van der Waals surface area contributed by atoms with E-state index >= 15 is 0 Å². The molecule has 3 rings (SSSR count). The predicted octanol–water partition coefficient (Wildman–Crippen LogP) is 1.69. The molecule has 26 heavy (non-hydrogen) atoms. The molecule has 1 N–H and O–H groups in total. The molecule has 1 atom stereocenters. The normalized spacial score (nSPS) is 14.3. The average Bonchev–Trinajstić information content (AvgIpc) is 2.92. The molecule has 0 fully saturated rings. The van der Waals surface area contributed by atoms with Crippen molar-refractivity contribution in [2.45, 2.75) is 19.5 Å². The Morgan fingerprint density at radius 3 is 2.08 bits per heavy atom. The van der Waals surface area contributed by atoms with Crippen LogP contribution in [0.15, 0.2) is 54.6 Å². The molecule has 2 aromatic carbocycles. The van der Waals surface area contributed by atoms with Crippen LogP contribution in [0.2, 0.25) is 0 Å². The Hall–Kier alpha value is -2.99. The maximum Gasteiger partial charge on any atom is 0.262 e. The van der Waals surface area contributed by atoms with Crippen molar-refractivity contribution in [3.8, 4) is 0 Å². The molecule has 0 radical (unpaired) electrons. The summed E-state index contributed by atoms with van der Waals surface area (Å²) in [6, 6.07) is 15.0. The second-order valence-electron chi connectivity index (χ2n) is 6.17. The highest BCUT2D eigenvalue weighted by Gasteiger charge is 2.41. The van der Waals surface area contributed by atoms with Gasteiger partial charge in [-0.2, -0.15) is 0 Å². The first-order valence-corrected chi connectivity index (χ1v) is 8.45. The van der Waals surface area contributed by atoms with Crippen LogP contribution >= 0.6 is 0 Å². The number of nitrogens with zero attached hydrogens (tertiary/aromatic N) is 2. The molecule has 1 aliphatic heterocycles. The van der Waals surface area contributed by atoms with Crippen LogP contribution in [0.4, 0.5) is 0 Å². The quantitative estimate of drug-likeness (QED) is 0.803. The monoisotopic (exact) mass is 352 g/mol. The van der Waals surface area contributed by atoms with E-state index < -0.39 is 17.9 Å². The number of hydrogen-bond acceptors (Lipinski definition) is 4. The van der Waals surface area contributed by atoms with Crippen molar-refractivity contribution in [3.05, 3.63) is 71.3 Å². The van der Waals surface area contributed by atoms with Gasteiger partial charge < -0.3 is 10.0 Å². The van der Waals surface area contributed by atoms with Crippen molar-refractivity contribution in [1.82, 2.24) is 9.80 Å². The van der Waals surface area contributed by atoms with Gasteiger partial charge in [-0.3, -0.25) is 19.3 Å². The predicted molar refractivity (Wildman–Crippen MR) is 95.3 cm³/mol. The first kappa shape index (κ1) is 17.8. The van der Waals surface area contributed by atoms with Crippen molar-refractivity contribution in [2.75, 3.05) is 13.2 Å². The molecule has 0 aromatic heterocycles. The van der Waals surface area contributed by atoms with Crippen LogP contribution in [-0.2, 0) is 11.3 Å². The third-order valence-corrected chi connectivity index (χ3v) is 4.47. The number of imide groups is 1. The fourth-order valence-electron chi connectivity index (χ4n) is 3.13. The van der Waals surface area contributed by atoms with Gasteiger partial charge in [0.25, 0.3) is 11.8 Å². The summed E-state index contributed by atoms with van der Waals surface area (Å²) >= 11 is 0. The summed E-state index contributed by atoms with van der Waals surface area (Å²) in [7, 11) is 0. The Bertz CT molecular complexity index is 800. The summed E-state index contributed by atoms with van der Waals surface area (Å²) in [5, 5.41) is 9.32. The van der Waals surface area contributed by atoms with Crippen LogP contribution < -0.4 is 0 Å². The molecular formula is C20H20N2O4. The van der Waals surface area contributed by atoms with Gasteiger partial charge in [-0.1, -0.05) is 42.5 Å². The maximum atomic E-state index is 12.9. The lowest BCUT2D eigenvalue weighted by atomic mass is 10.1. The van der Waals surface area contributed by atoms with Crippen molar-refractivity contribution in [3.63, 3.8) is 0 Å². The average molecular weight is 352 g/mol. The van der Waals surface area contributed by atoms with Crippen LogP contribution in [0.5, 0.6) is 0 Å². The molecule has 0 saturated heterocycles. The zero-order valence-electron chi connectivity index (χ0n) is 14.5. The molecule has 134 valence electrons. The number of benzene rings is 2. The third-order valence-electron chi connectivity index (χ3n) is 4.47. The van der Waals surface area contributed by atoms with Crippen molar-refractivity contribution < 1.29 is 19.5 Å². The van der Waals surface area contributed by atoms with Gasteiger partial charge in [-0.25, -0.2) is 0 Å². The molecule has 0 saturated carbocycles. The van der Waals surface area contributed by atoms with E-state index in [0.717, 1.165) is 10.5 Å². The lowest BCUT2D eigenvalue weighted by Gasteiger charge is -2.29. The third kappa shape index (κ3) is 3.23. The Morgan fingerprint density at radius 1 is 1.00 bits per heavy atom. The van der Waals surface area contributed by atoms with E-state index in [1.54, 1.807) is 31.2 Å². The minimum atomic E-state index is -0.947. The fraction of sp³-hybridized carbons (Fsp3) is 0.250. The maximum absolute atomic E-state index is 12.9. The second-order valence-corrected chi connectivity index (χ2v) is 6.17. The largest absolute Gasteiger partial charge is 0.395 e. The minimum Gasteiger partial charge on any atom is -0.395 e. The Balaban J connectivity index is 1.81. The van der Waals surface area contributed by atoms with Crippen molar-refractivity contribution >= 4 is 17.7 Å². The van der Waals surface area contributed by atoms with Gasteiger partial charge in [0.1, 0.15) is 6.04 Å². The Kier molecular flexibility index (Phi) is 5.14. The SMILES string of the molecule is CC(C(=O)N(CCO)Cc1ccccc1)N1C(=O)c2ccccc2C1=O. The number of aliphatic hydroxyl groups is 1. The number of carbonyl (C=O) groups excluding carboxylic acids is 3. The standard InChI is InChI=1S/C20H20N2O4/c1-14(22-19(25)16-9-5-6-10-17(16)20(22)26)18(24)21(11-12-23)13-15-7-3-2-4-8-15/h2-10,14,23H,11-13H2,1H3. The summed E-state index contributed by atoms with van der Waals surface area (Å²) in [6.45, 7) is 1.77. The summed E-state index contributed by atoms with van der Waals surface area (Å²) in [5.74, 6) is -1.30. The van der Waals surface area contributed by atoms with Crippen LogP contribution in [-0.4, -0.2) is 51.8 Å². The minimum absolute atomic E-state index is 0.126. The molecule has 0 spiro atoms. The summed E-state index contributed by atoms with van der Waals surface area (Å²) in [5.41, 5.74) is 1.53. The van der Waals surface area contributed by atoms with Gasteiger partial charge in [0.05, 0.1) is 17.7 Å². The molecule has 6 heteroatoms. The van der Waals surface area contributed by atoms with Crippen LogP contribution in [0, 0.1) is 0 Å². The number of hydrogen-bond donors (Lipinski definition) is 1. The summed E-state index contributed by atoms with van der Waals surface area (Å²) in [4.78, 5) is 40.6. The van der Waals surface area contributed by atoms with E-state index in [4.69, 9.17) is 0 Å². The molecule has 0 bridgehead atoms. The number of aliphatic hydroxyl groups excluding tert-OH is 1. The van der Waals surface area contributed by atoms with E-state index in [1.807, 2.05) is 30.3 Å². The van der Waals surface area contributed by atoms with Crippen molar-refractivity contribution in [2.24, 2.45) is 0 Å². The molecule has 2 aromatic rings. The lowest BCUT2D eigenvalue weighted by molar-refractivity contribution is -0.136. The van der Waals surface area contributed by atoms with E-state index in [1.165, 1.54) is 4.90 Å². The van der Waals surface area contributed by atoms with Gasteiger partial charge in [0.2, 0.25) is 5.91 Å². The summed E-state index contributed by atoms with van der Waals surface area (Å²) < 4.78 is 0.